The lowest BCUT2D eigenvalue weighted by Crippen LogP contribution is -2.10. The van der Waals surface area contributed by atoms with Crippen molar-refractivity contribution in [1.29, 1.82) is 0 Å². The van der Waals surface area contributed by atoms with Crippen molar-refractivity contribution >= 4 is 62.6 Å². The molecule has 4 heteroatoms. The van der Waals surface area contributed by atoms with Gasteiger partial charge >= 0.3 is 0 Å². The number of halogens is 3. The van der Waals surface area contributed by atoms with E-state index in [1.807, 2.05) is 48.5 Å². The zero-order valence-corrected chi connectivity index (χ0v) is 15.9. The quantitative estimate of drug-likeness (QED) is 0.314. The Balaban J connectivity index is 2.01. The third-order valence-corrected chi connectivity index (χ3v) is 5.45. The van der Waals surface area contributed by atoms with Gasteiger partial charge in [0.15, 0.2) is 0 Å². The highest BCUT2D eigenvalue weighted by molar-refractivity contribution is 6.48. The molecule has 4 aromatic carbocycles. The van der Waals surface area contributed by atoms with Gasteiger partial charge in [-0.2, -0.15) is 0 Å². The number of para-hydroxylation sites is 1. The fraction of sp³-hybridized carbons (Fsp3) is 0. The number of benzene rings is 4. The SMILES string of the molecule is Clc1cc(N(c2ccccc2)c2cccc3ccccc23)cc(Cl)c1Cl. The molecule has 0 spiro atoms. The van der Waals surface area contributed by atoms with Gasteiger partial charge in [0.2, 0.25) is 0 Å². The first-order valence-corrected chi connectivity index (χ1v) is 9.26. The van der Waals surface area contributed by atoms with E-state index in [1.54, 1.807) is 0 Å². The number of anilines is 3. The van der Waals surface area contributed by atoms with Crippen molar-refractivity contribution in [2.24, 2.45) is 0 Å². The predicted molar refractivity (Wildman–Crippen MR) is 114 cm³/mol. The van der Waals surface area contributed by atoms with E-state index in [0.717, 1.165) is 27.8 Å². The van der Waals surface area contributed by atoms with Gasteiger partial charge in [-0.3, -0.25) is 0 Å². The summed E-state index contributed by atoms with van der Waals surface area (Å²) in [6.07, 6.45) is 0. The second kappa shape index (κ2) is 7.20. The fourth-order valence-corrected chi connectivity index (χ4v) is 3.66. The number of rotatable bonds is 3. The molecule has 0 heterocycles. The van der Waals surface area contributed by atoms with Crippen LogP contribution in [0.25, 0.3) is 10.8 Å². The van der Waals surface area contributed by atoms with E-state index >= 15 is 0 Å². The van der Waals surface area contributed by atoms with E-state index in [2.05, 4.69) is 41.3 Å². The smallest absolute Gasteiger partial charge is 0.0780 e. The molecule has 0 aliphatic heterocycles. The molecule has 0 fully saturated rings. The molecule has 0 atom stereocenters. The van der Waals surface area contributed by atoms with Crippen LogP contribution in [-0.2, 0) is 0 Å². The normalized spacial score (nSPS) is 10.9. The summed E-state index contributed by atoms with van der Waals surface area (Å²) in [6, 6.07) is 28.3. The summed E-state index contributed by atoms with van der Waals surface area (Å²) < 4.78 is 0. The Labute approximate surface area is 167 Å². The van der Waals surface area contributed by atoms with Gasteiger partial charge in [0.1, 0.15) is 0 Å². The maximum absolute atomic E-state index is 6.31. The van der Waals surface area contributed by atoms with Gasteiger partial charge in [-0.25, -0.2) is 0 Å². The molecule has 1 nitrogen and oxygen atoms in total. The van der Waals surface area contributed by atoms with Gasteiger partial charge in [0.25, 0.3) is 0 Å². The molecule has 4 aromatic rings. The largest absolute Gasteiger partial charge is 0.310 e. The Hall–Kier alpha value is -2.19. The van der Waals surface area contributed by atoms with Crippen LogP contribution >= 0.6 is 34.8 Å². The Morgan fingerprint density at radius 1 is 0.577 bits per heavy atom. The van der Waals surface area contributed by atoms with Gasteiger partial charge in [0.05, 0.1) is 20.8 Å². The highest BCUT2D eigenvalue weighted by Gasteiger charge is 2.17. The third kappa shape index (κ3) is 3.14. The summed E-state index contributed by atoms with van der Waals surface area (Å²) in [5.74, 6) is 0. The Kier molecular flexibility index (Phi) is 4.78. The maximum Gasteiger partial charge on any atom is 0.0780 e. The average molecular weight is 399 g/mol. The van der Waals surface area contributed by atoms with Crippen LogP contribution in [0, 0.1) is 0 Å². The minimum atomic E-state index is 0.364. The summed E-state index contributed by atoms with van der Waals surface area (Å²) >= 11 is 18.8. The minimum absolute atomic E-state index is 0.364. The summed E-state index contributed by atoms with van der Waals surface area (Å²) in [4.78, 5) is 2.14. The fourth-order valence-electron chi connectivity index (χ4n) is 3.08. The van der Waals surface area contributed by atoms with Crippen LogP contribution in [-0.4, -0.2) is 0 Å². The second-order valence-electron chi connectivity index (χ2n) is 5.89. The minimum Gasteiger partial charge on any atom is -0.310 e. The molecule has 0 bridgehead atoms. The molecule has 0 saturated heterocycles. The van der Waals surface area contributed by atoms with Crippen molar-refractivity contribution in [2.45, 2.75) is 0 Å². The van der Waals surface area contributed by atoms with E-state index in [4.69, 9.17) is 34.8 Å². The van der Waals surface area contributed by atoms with Crippen molar-refractivity contribution in [1.82, 2.24) is 0 Å². The molecule has 0 amide bonds. The van der Waals surface area contributed by atoms with E-state index < -0.39 is 0 Å². The van der Waals surface area contributed by atoms with Crippen LogP contribution in [0.1, 0.15) is 0 Å². The van der Waals surface area contributed by atoms with Crippen LogP contribution in [0.5, 0.6) is 0 Å². The molecular formula is C22H14Cl3N. The van der Waals surface area contributed by atoms with Gasteiger partial charge in [-0.05, 0) is 35.7 Å². The first-order chi connectivity index (χ1) is 12.6. The first kappa shape index (κ1) is 17.2. The van der Waals surface area contributed by atoms with Crippen molar-refractivity contribution in [3.05, 3.63) is 100.0 Å². The average Bonchev–Trinajstić information content (AvgIpc) is 2.67. The lowest BCUT2D eigenvalue weighted by molar-refractivity contribution is 1.30. The molecule has 0 aromatic heterocycles. The molecule has 0 aliphatic rings. The molecule has 0 N–H and O–H groups in total. The summed E-state index contributed by atoms with van der Waals surface area (Å²) in [7, 11) is 0. The first-order valence-electron chi connectivity index (χ1n) is 8.12. The number of nitrogens with zero attached hydrogens (tertiary/aromatic N) is 1. The predicted octanol–water partition coefficient (Wildman–Crippen LogP) is 8.27. The summed E-state index contributed by atoms with van der Waals surface area (Å²) in [5, 5.41) is 3.52. The van der Waals surface area contributed by atoms with E-state index in [0.29, 0.717) is 15.1 Å². The molecule has 128 valence electrons. The zero-order valence-electron chi connectivity index (χ0n) is 13.7. The molecule has 26 heavy (non-hydrogen) atoms. The number of hydrogen-bond acceptors (Lipinski definition) is 1. The van der Waals surface area contributed by atoms with E-state index in [-0.39, 0.29) is 0 Å². The number of fused-ring (bicyclic) bond motifs is 1. The topological polar surface area (TPSA) is 3.24 Å². The van der Waals surface area contributed by atoms with E-state index in [1.165, 1.54) is 0 Å². The highest BCUT2D eigenvalue weighted by atomic mass is 35.5. The van der Waals surface area contributed by atoms with Crippen molar-refractivity contribution in [3.63, 3.8) is 0 Å². The van der Waals surface area contributed by atoms with Crippen LogP contribution in [0.3, 0.4) is 0 Å². The molecule has 0 saturated carbocycles. The zero-order chi connectivity index (χ0) is 18.1. The lowest BCUT2D eigenvalue weighted by Gasteiger charge is -2.27. The Bertz CT molecular complexity index is 1050. The molecule has 0 unspecified atom stereocenters. The lowest BCUT2D eigenvalue weighted by atomic mass is 10.1. The standard InChI is InChI=1S/C22H14Cl3N/c23-19-13-17(14-20(24)22(19)25)26(16-9-2-1-3-10-16)21-12-6-8-15-7-4-5-11-18(15)21/h1-14H. The third-order valence-electron chi connectivity index (χ3n) is 4.25. The van der Waals surface area contributed by atoms with Crippen LogP contribution in [0.2, 0.25) is 15.1 Å². The van der Waals surface area contributed by atoms with Crippen molar-refractivity contribution in [2.75, 3.05) is 4.90 Å². The van der Waals surface area contributed by atoms with Crippen molar-refractivity contribution < 1.29 is 0 Å². The van der Waals surface area contributed by atoms with Gasteiger partial charge in [0, 0.05) is 16.8 Å². The summed E-state index contributed by atoms with van der Waals surface area (Å²) in [5.41, 5.74) is 2.91. The van der Waals surface area contributed by atoms with Crippen molar-refractivity contribution in [3.8, 4) is 0 Å². The van der Waals surface area contributed by atoms with Gasteiger partial charge in [-0.15, -0.1) is 0 Å². The maximum atomic E-state index is 6.31. The van der Waals surface area contributed by atoms with Gasteiger partial charge < -0.3 is 4.90 Å². The van der Waals surface area contributed by atoms with Gasteiger partial charge in [-0.1, -0.05) is 89.4 Å². The number of hydrogen-bond donors (Lipinski definition) is 0. The highest BCUT2D eigenvalue weighted by Crippen LogP contribution is 2.42. The Morgan fingerprint density at radius 3 is 1.92 bits per heavy atom. The van der Waals surface area contributed by atoms with Crippen LogP contribution < -0.4 is 4.90 Å². The molecular weight excluding hydrogens is 385 g/mol. The molecule has 4 rings (SSSR count). The van der Waals surface area contributed by atoms with E-state index in [9.17, 15) is 0 Å². The van der Waals surface area contributed by atoms with Crippen LogP contribution in [0.4, 0.5) is 17.1 Å². The molecule has 0 radical (unpaired) electrons. The molecule has 0 aliphatic carbocycles. The monoisotopic (exact) mass is 397 g/mol. The summed E-state index contributed by atoms with van der Waals surface area (Å²) in [6.45, 7) is 0. The van der Waals surface area contributed by atoms with Crippen LogP contribution in [0.15, 0.2) is 84.9 Å². The second-order valence-corrected chi connectivity index (χ2v) is 7.08. The Morgan fingerprint density at radius 2 is 1.19 bits per heavy atom.